The highest BCUT2D eigenvalue weighted by atomic mass is 32.1. The minimum atomic E-state index is -0.661. The maximum atomic E-state index is 9.97. The Balaban J connectivity index is 2.22. The second-order valence-electron chi connectivity index (χ2n) is 3.54. The van der Waals surface area contributed by atoms with Gasteiger partial charge in [0, 0.05) is 33.4 Å². The summed E-state index contributed by atoms with van der Waals surface area (Å²) in [7, 11) is 3.90. The SMILES string of the molecule is CN(C)c1ncc(C2(O)CNC2)s1. The van der Waals surface area contributed by atoms with Gasteiger partial charge in [0.2, 0.25) is 0 Å². The van der Waals surface area contributed by atoms with E-state index in [0.717, 1.165) is 10.0 Å². The highest BCUT2D eigenvalue weighted by molar-refractivity contribution is 7.15. The summed E-state index contributed by atoms with van der Waals surface area (Å²) in [6.07, 6.45) is 1.76. The van der Waals surface area contributed by atoms with Crippen molar-refractivity contribution in [1.29, 1.82) is 0 Å². The molecule has 1 aliphatic rings. The third-order valence-corrected chi connectivity index (χ3v) is 3.53. The fourth-order valence-electron chi connectivity index (χ4n) is 1.22. The van der Waals surface area contributed by atoms with Gasteiger partial charge in [-0.25, -0.2) is 4.98 Å². The Morgan fingerprint density at radius 1 is 1.62 bits per heavy atom. The molecule has 1 fully saturated rings. The third-order valence-electron chi connectivity index (χ3n) is 2.17. The molecule has 1 aromatic rings. The number of thiazole rings is 1. The Morgan fingerprint density at radius 2 is 2.31 bits per heavy atom. The van der Waals surface area contributed by atoms with Crippen molar-refractivity contribution in [2.75, 3.05) is 32.1 Å². The van der Waals surface area contributed by atoms with Gasteiger partial charge < -0.3 is 15.3 Å². The number of hydrogen-bond acceptors (Lipinski definition) is 5. The number of aliphatic hydroxyl groups is 1. The molecule has 4 nitrogen and oxygen atoms in total. The first-order valence-corrected chi connectivity index (χ1v) is 5.00. The monoisotopic (exact) mass is 199 g/mol. The molecule has 2 heterocycles. The standard InChI is InChI=1S/C8H13N3OS/c1-11(2)7-10-3-6(13-7)8(12)4-9-5-8/h3,9,12H,4-5H2,1-2H3. The zero-order valence-corrected chi connectivity index (χ0v) is 8.56. The Kier molecular flexibility index (Phi) is 2.02. The van der Waals surface area contributed by atoms with Gasteiger partial charge in [-0.3, -0.25) is 0 Å². The van der Waals surface area contributed by atoms with E-state index < -0.39 is 5.60 Å². The minimum absolute atomic E-state index is 0.641. The lowest BCUT2D eigenvalue weighted by Crippen LogP contribution is -2.56. The van der Waals surface area contributed by atoms with Crippen LogP contribution in [0.3, 0.4) is 0 Å². The van der Waals surface area contributed by atoms with Crippen LogP contribution < -0.4 is 10.2 Å². The van der Waals surface area contributed by atoms with E-state index in [1.165, 1.54) is 0 Å². The van der Waals surface area contributed by atoms with E-state index in [2.05, 4.69) is 10.3 Å². The number of hydrogen-bond donors (Lipinski definition) is 2. The number of nitrogens with one attached hydrogen (secondary N) is 1. The Hall–Kier alpha value is -0.650. The molecule has 0 aromatic carbocycles. The van der Waals surface area contributed by atoms with Crippen molar-refractivity contribution in [3.05, 3.63) is 11.1 Å². The van der Waals surface area contributed by atoms with Crippen molar-refractivity contribution in [2.45, 2.75) is 5.60 Å². The summed E-state index contributed by atoms with van der Waals surface area (Å²) in [6.45, 7) is 1.28. The molecule has 0 bridgehead atoms. The number of β-amino-alcohol motifs (C(OH)–C–C–N with tert-alkyl or cyclic N) is 1. The topological polar surface area (TPSA) is 48.4 Å². The summed E-state index contributed by atoms with van der Waals surface area (Å²) in [4.78, 5) is 7.12. The van der Waals surface area contributed by atoms with Gasteiger partial charge in [0.15, 0.2) is 5.13 Å². The summed E-state index contributed by atoms with van der Waals surface area (Å²) in [5.41, 5.74) is -0.661. The van der Waals surface area contributed by atoms with Crippen molar-refractivity contribution >= 4 is 16.5 Å². The first-order chi connectivity index (χ1) is 6.12. The van der Waals surface area contributed by atoms with E-state index in [-0.39, 0.29) is 0 Å². The lowest BCUT2D eigenvalue weighted by molar-refractivity contribution is -0.0114. The first-order valence-electron chi connectivity index (χ1n) is 4.18. The van der Waals surface area contributed by atoms with Crippen molar-refractivity contribution in [3.8, 4) is 0 Å². The van der Waals surface area contributed by atoms with Crippen molar-refractivity contribution in [3.63, 3.8) is 0 Å². The Morgan fingerprint density at radius 3 is 2.69 bits per heavy atom. The normalized spacial score (nSPS) is 19.6. The van der Waals surface area contributed by atoms with Crippen LogP contribution in [0, 0.1) is 0 Å². The molecule has 0 aliphatic carbocycles. The number of nitrogens with zero attached hydrogens (tertiary/aromatic N) is 2. The zero-order valence-electron chi connectivity index (χ0n) is 7.74. The molecule has 2 N–H and O–H groups in total. The highest BCUT2D eigenvalue weighted by Crippen LogP contribution is 2.32. The largest absolute Gasteiger partial charge is 0.382 e. The third kappa shape index (κ3) is 1.43. The average molecular weight is 199 g/mol. The van der Waals surface area contributed by atoms with E-state index in [9.17, 15) is 5.11 Å². The molecule has 1 aromatic heterocycles. The maximum Gasteiger partial charge on any atom is 0.185 e. The molecule has 0 radical (unpaired) electrons. The smallest absolute Gasteiger partial charge is 0.185 e. The molecule has 5 heteroatoms. The van der Waals surface area contributed by atoms with Gasteiger partial charge in [-0.2, -0.15) is 0 Å². The van der Waals surface area contributed by atoms with Crippen LogP contribution in [-0.2, 0) is 5.60 Å². The molecule has 72 valence electrons. The average Bonchev–Trinajstić information content (AvgIpc) is 2.48. The van der Waals surface area contributed by atoms with Gasteiger partial charge >= 0.3 is 0 Å². The molecule has 0 atom stereocenters. The van der Waals surface area contributed by atoms with E-state index in [4.69, 9.17) is 0 Å². The number of rotatable bonds is 2. The van der Waals surface area contributed by atoms with Crippen molar-refractivity contribution in [1.82, 2.24) is 10.3 Å². The molecule has 1 aliphatic heterocycles. The van der Waals surface area contributed by atoms with E-state index in [1.54, 1.807) is 17.5 Å². The quantitative estimate of drug-likeness (QED) is 0.704. The van der Waals surface area contributed by atoms with E-state index in [0.29, 0.717) is 13.1 Å². The van der Waals surface area contributed by atoms with Gasteiger partial charge in [-0.15, -0.1) is 0 Å². The molecular formula is C8H13N3OS. The molecule has 13 heavy (non-hydrogen) atoms. The number of anilines is 1. The Labute approximate surface area is 81.2 Å². The maximum absolute atomic E-state index is 9.97. The molecule has 0 saturated carbocycles. The van der Waals surface area contributed by atoms with Crippen LogP contribution in [0.1, 0.15) is 4.88 Å². The fraction of sp³-hybridized carbons (Fsp3) is 0.625. The van der Waals surface area contributed by atoms with Crippen LogP contribution in [0.5, 0.6) is 0 Å². The highest BCUT2D eigenvalue weighted by Gasteiger charge is 2.38. The van der Waals surface area contributed by atoms with Crippen molar-refractivity contribution in [2.24, 2.45) is 0 Å². The summed E-state index contributed by atoms with van der Waals surface area (Å²) in [5.74, 6) is 0. The molecule has 2 rings (SSSR count). The second kappa shape index (κ2) is 2.94. The van der Waals surface area contributed by atoms with Gasteiger partial charge in [0.05, 0.1) is 4.88 Å². The van der Waals surface area contributed by atoms with Crippen LogP contribution in [-0.4, -0.2) is 37.3 Å². The molecule has 1 saturated heterocycles. The Bertz CT molecular complexity index is 306. The minimum Gasteiger partial charge on any atom is -0.382 e. The zero-order chi connectivity index (χ0) is 9.47. The molecule has 0 spiro atoms. The van der Waals surface area contributed by atoms with Crippen LogP contribution in [0.25, 0.3) is 0 Å². The summed E-state index contributed by atoms with van der Waals surface area (Å²) < 4.78 is 0. The summed E-state index contributed by atoms with van der Waals surface area (Å²) in [5, 5.41) is 14.0. The van der Waals surface area contributed by atoms with Gasteiger partial charge in [-0.05, 0) is 0 Å². The lowest BCUT2D eigenvalue weighted by atomic mass is 9.96. The van der Waals surface area contributed by atoms with Crippen LogP contribution >= 0.6 is 11.3 Å². The molecule has 0 amide bonds. The van der Waals surface area contributed by atoms with Crippen LogP contribution in [0.2, 0.25) is 0 Å². The van der Waals surface area contributed by atoms with E-state index >= 15 is 0 Å². The van der Waals surface area contributed by atoms with Crippen LogP contribution in [0.15, 0.2) is 6.20 Å². The van der Waals surface area contributed by atoms with Gasteiger partial charge in [0.1, 0.15) is 5.60 Å². The van der Waals surface area contributed by atoms with Crippen LogP contribution in [0.4, 0.5) is 5.13 Å². The predicted molar refractivity (Wildman–Crippen MR) is 53.2 cm³/mol. The summed E-state index contributed by atoms with van der Waals surface area (Å²) in [6, 6.07) is 0. The molecular weight excluding hydrogens is 186 g/mol. The predicted octanol–water partition coefficient (Wildman–Crippen LogP) is -0.0001000. The first kappa shape index (κ1) is 8.93. The summed E-state index contributed by atoms with van der Waals surface area (Å²) >= 11 is 1.55. The number of aromatic nitrogens is 1. The fourth-order valence-corrected chi connectivity index (χ4v) is 2.15. The second-order valence-corrected chi connectivity index (χ2v) is 4.55. The van der Waals surface area contributed by atoms with Gasteiger partial charge in [0.25, 0.3) is 0 Å². The van der Waals surface area contributed by atoms with Crippen molar-refractivity contribution < 1.29 is 5.11 Å². The van der Waals surface area contributed by atoms with Gasteiger partial charge in [-0.1, -0.05) is 11.3 Å². The molecule has 0 unspecified atom stereocenters. The van der Waals surface area contributed by atoms with E-state index in [1.807, 2.05) is 19.0 Å². The lowest BCUT2D eigenvalue weighted by Gasteiger charge is -2.36.